The maximum Gasteiger partial charge on any atom is 0.119 e. The average Bonchev–Trinajstić information content (AvgIpc) is 2.30. The maximum atomic E-state index is 5.59. The number of benzene rings is 1. The van der Waals surface area contributed by atoms with Gasteiger partial charge in [0.05, 0.1) is 12.7 Å². The van der Waals surface area contributed by atoms with Gasteiger partial charge >= 0.3 is 0 Å². The van der Waals surface area contributed by atoms with Gasteiger partial charge in [-0.2, -0.15) is 0 Å². The minimum atomic E-state index is 0.233. The first-order chi connectivity index (χ1) is 8.22. The molecule has 0 heterocycles. The summed E-state index contributed by atoms with van der Waals surface area (Å²) in [5.74, 6) is 0.941. The summed E-state index contributed by atoms with van der Waals surface area (Å²) in [5.41, 5.74) is 1.33. The van der Waals surface area contributed by atoms with Crippen LogP contribution in [0.2, 0.25) is 0 Å². The highest BCUT2D eigenvalue weighted by atomic mass is 16.5. The quantitative estimate of drug-likeness (QED) is 0.703. The third-order valence-corrected chi connectivity index (χ3v) is 2.37. The van der Waals surface area contributed by atoms with E-state index < -0.39 is 0 Å². The van der Waals surface area contributed by atoms with Crippen LogP contribution in [0.25, 0.3) is 0 Å². The lowest BCUT2D eigenvalue weighted by atomic mass is 10.1. The van der Waals surface area contributed by atoms with Crippen molar-refractivity contribution in [2.24, 2.45) is 0 Å². The number of hydrogen-bond donors (Lipinski definition) is 1. The number of rotatable bonds is 8. The van der Waals surface area contributed by atoms with Crippen molar-refractivity contribution in [3.05, 3.63) is 29.8 Å². The molecule has 0 spiro atoms. The van der Waals surface area contributed by atoms with Crippen LogP contribution in [0.5, 0.6) is 5.75 Å². The largest absolute Gasteiger partial charge is 0.491 e. The van der Waals surface area contributed by atoms with E-state index >= 15 is 0 Å². The monoisotopic (exact) mass is 237 g/mol. The predicted octanol–water partition coefficient (Wildman–Crippen LogP) is 2.25. The minimum Gasteiger partial charge on any atom is -0.491 e. The van der Waals surface area contributed by atoms with Crippen LogP contribution < -0.4 is 10.1 Å². The molecule has 0 saturated heterocycles. The summed E-state index contributed by atoms with van der Waals surface area (Å²) in [4.78, 5) is 0. The zero-order chi connectivity index (χ0) is 12.5. The van der Waals surface area contributed by atoms with Crippen molar-refractivity contribution >= 4 is 0 Å². The van der Waals surface area contributed by atoms with Crippen molar-refractivity contribution in [2.45, 2.75) is 26.4 Å². The van der Waals surface area contributed by atoms with Crippen LogP contribution in [0.1, 0.15) is 19.4 Å². The highest BCUT2D eigenvalue weighted by Crippen LogP contribution is 2.13. The van der Waals surface area contributed by atoms with Gasteiger partial charge in [0.1, 0.15) is 5.75 Å². The molecular formula is C14H23NO2. The fraction of sp³-hybridized carbons (Fsp3) is 0.571. The van der Waals surface area contributed by atoms with E-state index in [1.807, 2.05) is 26.0 Å². The molecular weight excluding hydrogens is 214 g/mol. The first-order valence-corrected chi connectivity index (χ1v) is 6.17. The number of ether oxygens (including phenoxy) is 2. The summed E-state index contributed by atoms with van der Waals surface area (Å²) < 4.78 is 10.6. The Kier molecular flexibility index (Phi) is 6.67. The summed E-state index contributed by atoms with van der Waals surface area (Å²) in [5, 5.41) is 3.33. The topological polar surface area (TPSA) is 30.5 Å². The molecule has 1 aromatic rings. The van der Waals surface area contributed by atoms with Crippen molar-refractivity contribution in [3.8, 4) is 5.75 Å². The van der Waals surface area contributed by atoms with Crippen LogP contribution in [0.4, 0.5) is 0 Å². The van der Waals surface area contributed by atoms with Gasteiger partial charge in [0.25, 0.3) is 0 Å². The van der Waals surface area contributed by atoms with E-state index in [0.29, 0.717) is 0 Å². The summed E-state index contributed by atoms with van der Waals surface area (Å²) in [6.45, 7) is 6.72. The van der Waals surface area contributed by atoms with E-state index in [1.165, 1.54) is 5.56 Å². The number of hydrogen-bond acceptors (Lipinski definition) is 3. The van der Waals surface area contributed by atoms with Gasteiger partial charge in [-0.3, -0.25) is 0 Å². The molecule has 0 aliphatic heterocycles. The van der Waals surface area contributed by atoms with Crippen molar-refractivity contribution < 1.29 is 9.47 Å². The van der Waals surface area contributed by atoms with Crippen LogP contribution in [-0.4, -0.2) is 32.9 Å². The minimum absolute atomic E-state index is 0.233. The molecule has 0 atom stereocenters. The lowest BCUT2D eigenvalue weighted by molar-refractivity contribution is 0.199. The lowest BCUT2D eigenvalue weighted by Crippen LogP contribution is -2.21. The average molecular weight is 237 g/mol. The van der Waals surface area contributed by atoms with Crippen LogP contribution in [0.15, 0.2) is 24.3 Å². The molecule has 0 radical (unpaired) electrons. The molecule has 3 heteroatoms. The van der Waals surface area contributed by atoms with E-state index in [0.717, 1.165) is 31.9 Å². The summed E-state index contributed by atoms with van der Waals surface area (Å²) >= 11 is 0. The molecule has 3 nitrogen and oxygen atoms in total. The Morgan fingerprint density at radius 1 is 1.12 bits per heavy atom. The maximum absolute atomic E-state index is 5.59. The Hall–Kier alpha value is -1.06. The fourth-order valence-electron chi connectivity index (χ4n) is 1.54. The van der Waals surface area contributed by atoms with Gasteiger partial charge in [0.15, 0.2) is 0 Å². The smallest absolute Gasteiger partial charge is 0.119 e. The molecule has 0 amide bonds. The van der Waals surface area contributed by atoms with E-state index in [2.05, 4.69) is 17.4 Å². The molecule has 1 N–H and O–H groups in total. The molecule has 0 fully saturated rings. The molecule has 17 heavy (non-hydrogen) atoms. The second-order valence-corrected chi connectivity index (χ2v) is 4.30. The highest BCUT2D eigenvalue weighted by molar-refractivity contribution is 5.27. The van der Waals surface area contributed by atoms with Crippen molar-refractivity contribution in [3.63, 3.8) is 0 Å². The Balaban J connectivity index is 2.25. The van der Waals surface area contributed by atoms with Gasteiger partial charge in [-0.25, -0.2) is 0 Å². The third kappa shape index (κ3) is 6.29. The molecule has 1 aromatic carbocycles. The summed E-state index contributed by atoms with van der Waals surface area (Å²) in [7, 11) is 1.72. The predicted molar refractivity (Wildman–Crippen MR) is 70.7 cm³/mol. The summed E-state index contributed by atoms with van der Waals surface area (Å²) in [6, 6.07) is 8.31. The number of nitrogens with one attached hydrogen (secondary N) is 1. The first-order valence-electron chi connectivity index (χ1n) is 6.17. The molecule has 96 valence electrons. The Labute approximate surface area is 104 Å². The molecule has 0 aliphatic carbocycles. The van der Waals surface area contributed by atoms with Crippen molar-refractivity contribution in [2.75, 3.05) is 26.8 Å². The van der Waals surface area contributed by atoms with Crippen LogP contribution in [-0.2, 0) is 11.2 Å². The van der Waals surface area contributed by atoms with Crippen LogP contribution in [0.3, 0.4) is 0 Å². The Morgan fingerprint density at radius 3 is 2.41 bits per heavy atom. The standard InChI is InChI=1S/C14H23NO2/c1-12(2)17-14-6-4-13(5-7-14)8-9-15-10-11-16-3/h4-7,12,15H,8-11H2,1-3H3. The van der Waals surface area contributed by atoms with Crippen molar-refractivity contribution in [1.29, 1.82) is 0 Å². The van der Waals surface area contributed by atoms with Gasteiger partial charge in [0, 0.05) is 13.7 Å². The molecule has 0 unspecified atom stereocenters. The molecule has 0 bridgehead atoms. The van der Waals surface area contributed by atoms with E-state index in [9.17, 15) is 0 Å². The zero-order valence-electron chi connectivity index (χ0n) is 11.0. The lowest BCUT2D eigenvalue weighted by Gasteiger charge is -2.10. The highest BCUT2D eigenvalue weighted by Gasteiger charge is 1.98. The number of methoxy groups -OCH3 is 1. The van der Waals surface area contributed by atoms with Crippen LogP contribution >= 0.6 is 0 Å². The SMILES string of the molecule is COCCNCCc1ccc(OC(C)C)cc1. The Bertz CT molecular complexity index is 296. The van der Waals surface area contributed by atoms with Crippen molar-refractivity contribution in [1.82, 2.24) is 5.32 Å². The molecule has 0 aliphatic rings. The van der Waals surface area contributed by atoms with E-state index in [1.54, 1.807) is 7.11 Å². The van der Waals surface area contributed by atoms with E-state index in [-0.39, 0.29) is 6.10 Å². The van der Waals surface area contributed by atoms with E-state index in [4.69, 9.17) is 9.47 Å². The Morgan fingerprint density at radius 2 is 1.82 bits per heavy atom. The third-order valence-electron chi connectivity index (χ3n) is 2.37. The normalized spacial score (nSPS) is 10.8. The second-order valence-electron chi connectivity index (χ2n) is 4.30. The van der Waals surface area contributed by atoms with Gasteiger partial charge in [0.2, 0.25) is 0 Å². The van der Waals surface area contributed by atoms with Gasteiger partial charge < -0.3 is 14.8 Å². The fourth-order valence-corrected chi connectivity index (χ4v) is 1.54. The summed E-state index contributed by atoms with van der Waals surface area (Å²) in [6.07, 6.45) is 1.27. The van der Waals surface area contributed by atoms with Crippen LogP contribution in [0, 0.1) is 0 Å². The molecule has 0 saturated carbocycles. The second kappa shape index (κ2) is 8.09. The van der Waals surface area contributed by atoms with Gasteiger partial charge in [-0.05, 0) is 44.5 Å². The molecule has 0 aromatic heterocycles. The molecule has 1 rings (SSSR count). The first kappa shape index (κ1) is 14.0. The zero-order valence-corrected chi connectivity index (χ0v) is 11.0. The van der Waals surface area contributed by atoms with Gasteiger partial charge in [-0.15, -0.1) is 0 Å². The van der Waals surface area contributed by atoms with Gasteiger partial charge in [-0.1, -0.05) is 12.1 Å².